The Morgan fingerprint density at radius 3 is 2.81 bits per heavy atom. The SMILES string of the molecule is COc1ccc2c(c1)C(=O)N(C[C@@]1(c3cn(-c4cccnc4)nn3)NC(=O)NC1=O)C2. The number of nitrogens with zero attached hydrogens (tertiary/aromatic N) is 5. The van der Waals surface area contributed by atoms with Crippen molar-refractivity contribution in [3.8, 4) is 11.4 Å². The first-order valence-electron chi connectivity index (χ1n) is 9.43. The molecule has 11 heteroatoms. The molecule has 0 aliphatic carbocycles. The molecule has 31 heavy (non-hydrogen) atoms. The van der Waals surface area contributed by atoms with Crippen molar-refractivity contribution in [3.63, 3.8) is 0 Å². The van der Waals surface area contributed by atoms with E-state index in [2.05, 4.69) is 25.9 Å². The number of hydrogen-bond donors (Lipinski definition) is 2. The molecule has 4 heterocycles. The summed E-state index contributed by atoms with van der Waals surface area (Å²) in [5, 5.41) is 13.1. The molecule has 1 aromatic carbocycles. The Hall–Kier alpha value is -4.28. The van der Waals surface area contributed by atoms with Crippen molar-refractivity contribution < 1.29 is 19.1 Å². The summed E-state index contributed by atoms with van der Waals surface area (Å²) in [4.78, 5) is 43.5. The van der Waals surface area contributed by atoms with Gasteiger partial charge in [0, 0.05) is 18.3 Å². The average molecular weight is 419 g/mol. The number of aromatic nitrogens is 4. The summed E-state index contributed by atoms with van der Waals surface area (Å²) in [7, 11) is 1.53. The van der Waals surface area contributed by atoms with E-state index in [-0.39, 0.29) is 18.1 Å². The molecular formula is C20H17N7O4. The molecule has 0 saturated carbocycles. The second-order valence-electron chi connectivity index (χ2n) is 7.26. The van der Waals surface area contributed by atoms with Crippen molar-refractivity contribution >= 4 is 17.8 Å². The lowest BCUT2D eigenvalue weighted by atomic mass is 9.95. The lowest BCUT2D eigenvalue weighted by Crippen LogP contribution is -2.53. The number of fused-ring (bicyclic) bond motifs is 1. The van der Waals surface area contributed by atoms with Crippen LogP contribution in [-0.4, -0.2) is 56.4 Å². The van der Waals surface area contributed by atoms with Gasteiger partial charge >= 0.3 is 6.03 Å². The van der Waals surface area contributed by atoms with Crippen LogP contribution in [0.3, 0.4) is 0 Å². The Morgan fingerprint density at radius 1 is 1.23 bits per heavy atom. The fraction of sp³-hybridized carbons (Fsp3) is 0.200. The zero-order valence-electron chi connectivity index (χ0n) is 16.4. The predicted octanol–water partition coefficient (Wildman–Crippen LogP) is 0.362. The number of carbonyl (C=O) groups is 3. The number of urea groups is 1. The summed E-state index contributed by atoms with van der Waals surface area (Å²) in [5.74, 6) is -0.297. The van der Waals surface area contributed by atoms with Crippen LogP contribution < -0.4 is 15.4 Å². The van der Waals surface area contributed by atoms with Gasteiger partial charge in [0.25, 0.3) is 11.8 Å². The molecule has 0 bridgehead atoms. The fourth-order valence-corrected chi connectivity index (χ4v) is 3.82. The standard InChI is InChI=1S/C20H17N7O4/c1-31-14-5-4-12-9-26(17(28)15(12)7-14)11-20(18(29)22-19(30)23-20)16-10-27(25-24-16)13-3-2-6-21-8-13/h2-8,10H,9,11H2,1H3,(H2,22,23,29,30)/t20-/m0/s1. The molecule has 0 spiro atoms. The van der Waals surface area contributed by atoms with E-state index >= 15 is 0 Å². The van der Waals surface area contributed by atoms with Crippen LogP contribution in [0.4, 0.5) is 4.79 Å². The van der Waals surface area contributed by atoms with E-state index in [0.29, 0.717) is 23.5 Å². The highest BCUT2D eigenvalue weighted by Crippen LogP contribution is 2.31. The van der Waals surface area contributed by atoms with Crippen molar-refractivity contribution in [1.82, 2.24) is 35.5 Å². The molecule has 1 atom stereocenters. The van der Waals surface area contributed by atoms with Crippen LogP contribution in [0.15, 0.2) is 48.9 Å². The van der Waals surface area contributed by atoms with Gasteiger partial charge in [0.05, 0.1) is 31.7 Å². The maximum atomic E-state index is 13.0. The van der Waals surface area contributed by atoms with E-state index in [4.69, 9.17) is 4.74 Å². The summed E-state index contributed by atoms with van der Waals surface area (Å²) in [5.41, 5.74) is 0.584. The van der Waals surface area contributed by atoms with Crippen LogP contribution in [0, 0.1) is 0 Å². The van der Waals surface area contributed by atoms with Gasteiger partial charge in [0.2, 0.25) is 0 Å². The molecule has 2 aromatic heterocycles. The van der Waals surface area contributed by atoms with Gasteiger partial charge < -0.3 is 15.0 Å². The summed E-state index contributed by atoms with van der Waals surface area (Å²) >= 11 is 0. The van der Waals surface area contributed by atoms with Crippen molar-refractivity contribution in [3.05, 3.63) is 65.7 Å². The van der Waals surface area contributed by atoms with Gasteiger partial charge in [-0.1, -0.05) is 11.3 Å². The van der Waals surface area contributed by atoms with Crippen molar-refractivity contribution in [1.29, 1.82) is 0 Å². The largest absolute Gasteiger partial charge is 0.497 e. The molecule has 4 amide bonds. The minimum atomic E-state index is -1.57. The molecule has 156 valence electrons. The van der Waals surface area contributed by atoms with Gasteiger partial charge in [-0.3, -0.25) is 19.9 Å². The minimum Gasteiger partial charge on any atom is -0.497 e. The van der Waals surface area contributed by atoms with Gasteiger partial charge in [0.15, 0.2) is 5.54 Å². The Balaban J connectivity index is 1.50. The molecule has 2 aliphatic heterocycles. The molecule has 1 fully saturated rings. The third-order valence-electron chi connectivity index (χ3n) is 5.41. The number of carbonyl (C=O) groups excluding carboxylic acids is 3. The number of hydrogen-bond acceptors (Lipinski definition) is 7. The van der Waals surface area contributed by atoms with Crippen LogP contribution in [0.2, 0.25) is 0 Å². The number of rotatable bonds is 5. The lowest BCUT2D eigenvalue weighted by molar-refractivity contribution is -0.125. The predicted molar refractivity (Wildman–Crippen MR) is 105 cm³/mol. The maximum absolute atomic E-state index is 13.0. The highest BCUT2D eigenvalue weighted by Gasteiger charge is 2.52. The summed E-state index contributed by atoms with van der Waals surface area (Å²) in [6, 6.07) is 8.10. The van der Waals surface area contributed by atoms with Crippen molar-refractivity contribution in [2.45, 2.75) is 12.1 Å². The first-order valence-corrected chi connectivity index (χ1v) is 9.43. The Morgan fingerprint density at radius 2 is 2.10 bits per heavy atom. The third-order valence-corrected chi connectivity index (χ3v) is 5.41. The van der Waals surface area contributed by atoms with Crippen LogP contribution in [0.25, 0.3) is 5.69 Å². The number of methoxy groups -OCH3 is 1. The van der Waals surface area contributed by atoms with Gasteiger partial charge in [-0.25, -0.2) is 9.48 Å². The van der Waals surface area contributed by atoms with E-state index in [0.717, 1.165) is 5.56 Å². The van der Waals surface area contributed by atoms with Gasteiger partial charge in [0.1, 0.15) is 11.4 Å². The molecule has 1 saturated heterocycles. The van der Waals surface area contributed by atoms with E-state index in [1.165, 1.54) is 16.7 Å². The first-order chi connectivity index (χ1) is 15.0. The Labute approximate surface area is 176 Å². The first kappa shape index (κ1) is 18.7. The smallest absolute Gasteiger partial charge is 0.322 e. The molecular weight excluding hydrogens is 402 g/mol. The normalized spacial score (nSPS) is 19.9. The quantitative estimate of drug-likeness (QED) is 0.571. The number of ether oxygens (including phenoxy) is 1. The second-order valence-corrected chi connectivity index (χ2v) is 7.26. The molecule has 3 aromatic rings. The summed E-state index contributed by atoms with van der Waals surface area (Å²) in [6.45, 7) is 0.186. The zero-order valence-corrected chi connectivity index (χ0v) is 16.4. The number of nitrogens with one attached hydrogen (secondary N) is 2. The number of benzene rings is 1. The second kappa shape index (κ2) is 6.90. The highest BCUT2D eigenvalue weighted by molar-refractivity contribution is 6.08. The Bertz CT molecular complexity index is 1210. The maximum Gasteiger partial charge on any atom is 0.322 e. The molecule has 2 N–H and O–H groups in total. The molecule has 0 unspecified atom stereocenters. The van der Waals surface area contributed by atoms with Crippen LogP contribution >= 0.6 is 0 Å². The van der Waals surface area contributed by atoms with Crippen molar-refractivity contribution in [2.24, 2.45) is 0 Å². The number of pyridine rings is 1. The Kier molecular flexibility index (Phi) is 4.17. The van der Waals surface area contributed by atoms with E-state index < -0.39 is 17.5 Å². The van der Waals surface area contributed by atoms with Crippen LogP contribution in [0.1, 0.15) is 21.6 Å². The zero-order chi connectivity index (χ0) is 21.6. The van der Waals surface area contributed by atoms with Gasteiger partial charge in [-0.05, 0) is 29.8 Å². The fourth-order valence-electron chi connectivity index (χ4n) is 3.82. The van der Waals surface area contributed by atoms with E-state index in [1.807, 2.05) is 6.07 Å². The van der Waals surface area contributed by atoms with Gasteiger partial charge in [-0.15, -0.1) is 5.10 Å². The average Bonchev–Trinajstić information content (AvgIpc) is 3.46. The number of amides is 4. The monoisotopic (exact) mass is 419 g/mol. The molecule has 11 nitrogen and oxygen atoms in total. The van der Waals surface area contributed by atoms with Crippen molar-refractivity contribution in [2.75, 3.05) is 13.7 Å². The van der Waals surface area contributed by atoms with E-state index in [1.54, 1.807) is 42.9 Å². The molecule has 2 aliphatic rings. The molecule has 0 radical (unpaired) electrons. The number of imide groups is 1. The highest BCUT2D eigenvalue weighted by atomic mass is 16.5. The molecule has 5 rings (SSSR count). The third kappa shape index (κ3) is 2.98. The lowest BCUT2D eigenvalue weighted by Gasteiger charge is -2.28. The van der Waals surface area contributed by atoms with E-state index in [9.17, 15) is 14.4 Å². The minimum absolute atomic E-state index is 0.105. The summed E-state index contributed by atoms with van der Waals surface area (Å²) < 4.78 is 6.66. The summed E-state index contributed by atoms with van der Waals surface area (Å²) in [6.07, 6.45) is 4.75. The van der Waals surface area contributed by atoms with Crippen LogP contribution in [0.5, 0.6) is 5.75 Å². The topological polar surface area (TPSA) is 131 Å². The van der Waals surface area contributed by atoms with Crippen LogP contribution in [-0.2, 0) is 16.9 Å². The van der Waals surface area contributed by atoms with Gasteiger partial charge in [-0.2, -0.15) is 0 Å².